The molecule has 134 valence electrons. The predicted molar refractivity (Wildman–Crippen MR) is 83.0 cm³/mol. The van der Waals surface area contributed by atoms with Crippen molar-refractivity contribution in [3.63, 3.8) is 0 Å². The van der Waals surface area contributed by atoms with Crippen molar-refractivity contribution in [3.8, 4) is 5.75 Å². The molecular formula is C16H22F3N3O2. The van der Waals surface area contributed by atoms with Crippen molar-refractivity contribution in [2.24, 2.45) is 0 Å². The number of hydrogen-bond donors (Lipinski definition) is 0. The van der Waals surface area contributed by atoms with Gasteiger partial charge in [-0.15, -0.1) is 0 Å². The molecule has 5 nitrogen and oxygen atoms in total. The molecule has 1 aliphatic rings. The van der Waals surface area contributed by atoms with Crippen LogP contribution in [0.5, 0.6) is 5.75 Å². The second kappa shape index (κ2) is 7.83. The Hall–Kier alpha value is -1.83. The van der Waals surface area contributed by atoms with Gasteiger partial charge >= 0.3 is 6.18 Å². The number of alkyl halides is 3. The minimum Gasteiger partial charge on any atom is -0.482 e. The van der Waals surface area contributed by atoms with Crippen molar-refractivity contribution < 1.29 is 22.7 Å². The minimum atomic E-state index is -4.46. The van der Waals surface area contributed by atoms with Crippen LogP contribution in [0.15, 0.2) is 18.3 Å². The molecule has 0 aromatic carbocycles. The molecule has 0 aliphatic carbocycles. The van der Waals surface area contributed by atoms with E-state index in [1.807, 2.05) is 0 Å². The Bertz CT molecular complexity index is 564. The van der Waals surface area contributed by atoms with Crippen LogP contribution in [0, 0.1) is 0 Å². The van der Waals surface area contributed by atoms with E-state index in [-0.39, 0.29) is 11.4 Å². The highest BCUT2D eigenvalue weighted by Crippen LogP contribution is 2.22. The Kier molecular flexibility index (Phi) is 6.04. The molecular weight excluding hydrogens is 323 g/mol. The van der Waals surface area contributed by atoms with Gasteiger partial charge in [-0.3, -0.25) is 9.69 Å². The molecule has 0 radical (unpaired) electrons. The summed E-state index contributed by atoms with van der Waals surface area (Å²) in [6.45, 7) is 5.44. The van der Waals surface area contributed by atoms with Crippen LogP contribution in [0.3, 0.4) is 0 Å². The lowest BCUT2D eigenvalue weighted by molar-refractivity contribution is -0.153. The number of aromatic nitrogens is 1. The molecule has 1 aliphatic heterocycles. The molecule has 24 heavy (non-hydrogen) atoms. The first-order valence-corrected chi connectivity index (χ1v) is 7.96. The SMILES string of the molecule is CC(C)N1CCCN(C(=O)c2ncccc2OCC(F)(F)F)CC1. The molecule has 2 rings (SSSR count). The van der Waals surface area contributed by atoms with Crippen molar-refractivity contribution in [2.45, 2.75) is 32.5 Å². The zero-order chi connectivity index (χ0) is 17.7. The molecule has 0 spiro atoms. The highest BCUT2D eigenvalue weighted by molar-refractivity contribution is 5.95. The van der Waals surface area contributed by atoms with Crippen LogP contribution in [0.25, 0.3) is 0 Å². The fourth-order valence-electron chi connectivity index (χ4n) is 2.63. The van der Waals surface area contributed by atoms with E-state index in [1.165, 1.54) is 18.3 Å². The number of pyridine rings is 1. The summed E-state index contributed by atoms with van der Waals surface area (Å²) in [4.78, 5) is 20.5. The highest BCUT2D eigenvalue weighted by Gasteiger charge is 2.30. The van der Waals surface area contributed by atoms with Gasteiger partial charge in [-0.2, -0.15) is 13.2 Å². The normalized spacial score (nSPS) is 17.0. The van der Waals surface area contributed by atoms with Crippen LogP contribution in [0.1, 0.15) is 30.8 Å². The van der Waals surface area contributed by atoms with E-state index in [0.717, 1.165) is 19.5 Å². The van der Waals surface area contributed by atoms with Crippen molar-refractivity contribution in [1.29, 1.82) is 0 Å². The van der Waals surface area contributed by atoms with Crippen LogP contribution < -0.4 is 4.74 Å². The Labute approximate surface area is 139 Å². The Morgan fingerprint density at radius 3 is 2.71 bits per heavy atom. The molecule has 1 amide bonds. The van der Waals surface area contributed by atoms with Gasteiger partial charge < -0.3 is 9.64 Å². The standard InChI is InChI=1S/C16H22F3N3O2/c1-12(2)21-7-4-8-22(10-9-21)15(23)14-13(5-3-6-20-14)24-11-16(17,18)19/h3,5-6,12H,4,7-11H2,1-2H3. The summed E-state index contributed by atoms with van der Waals surface area (Å²) in [5.41, 5.74) is -0.0697. The molecule has 0 N–H and O–H groups in total. The van der Waals surface area contributed by atoms with E-state index in [1.54, 1.807) is 4.90 Å². The third-order valence-electron chi connectivity index (χ3n) is 3.91. The van der Waals surface area contributed by atoms with Gasteiger partial charge in [0.1, 0.15) is 0 Å². The topological polar surface area (TPSA) is 45.7 Å². The summed E-state index contributed by atoms with van der Waals surface area (Å²) in [5.74, 6) is -0.525. The van der Waals surface area contributed by atoms with Gasteiger partial charge in [-0.25, -0.2) is 4.98 Å². The molecule has 0 unspecified atom stereocenters. The number of rotatable bonds is 4. The minimum absolute atomic E-state index is 0.0697. The number of carbonyl (C=O) groups excluding carboxylic acids is 1. The van der Waals surface area contributed by atoms with Crippen molar-refractivity contribution >= 4 is 5.91 Å². The summed E-state index contributed by atoms with van der Waals surface area (Å²) in [6.07, 6.45) is -2.27. The van der Waals surface area contributed by atoms with Gasteiger partial charge in [0.15, 0.2) is 18.1 Å². The highest BCUT2D eigenvalue weighted by atomic mass is 19.4. The maximum absolute atomic E-state index is 12.7. The number of amides is 1. The maximum atomic E-state index is 12.7. The zero-order valence-electron chi connectivity index (χ0n) is 13.8. The van der Waals surface area contributed by atoms with E-state index in [2.05, 4.69) is 23.7 Å². The third-order valence-corrected chi connectivity index (χ3v) is 3.91. The molecule has 1 saturated heterocycles. The van der Waals surface area contributed by atoms with Gasteiger partial charge in [-0.1, -0.05) is 0 Å². The van der Waals surface area contributed by atoms with Crippen molar-refractivity contribution in [1.82, 2.24) is 14.8 Å². The van der Waals surface area contributed by atoms with E-state index in [4.69, 9.17) is 4.74 Å². The van der Waals surface area contributed by atoms with Crippen LogP contribution >= 0.6 is 0 Å². The maximum Gasteiger partial charge on any atom is 0.422 e. The van der Waals surface area contributed by atoms with Crippen LogP contribution in [0.2, 0.25) is 0 Å². The second-order valence-corrected chi connectivity index (χ2v) is 6.03. The summed E-state index contributed by atoms with van der Waals surface area (Å²) in [7, 11) is 0. The number of ether oxygens (including phenoxy) is 1. The van der Waals surface area contributed by atoms with Gasteiger partial charge in [0.05, 0.1) is 0 Å². The molecule has 1 aromatic rings. The molecule has 0 bridgehead atoms. The van der Waals surface area contributed by atoms with Crippen molar-refractivity contribution in [3.05, 3.63) is 24.0 Å². The van der Waals surface area contributed by atoms with E-state index < -0.39 is 18.7 Å². The van der Waals surface area contributed by atoms with Crippen LogP contribution in [-0.2, 0) is 0 Å². The van der Waals surface area contributed by atoms with Gasteiger partial charge in [0.25, 0.3) is 5.91 Å². The zero-order valence-corrected chi connectivity index (χ0v) is 13.8. The first kappa shape index (κ1) is 18.5. The Morgan fingerprint density at radius 1 is 1.29 bits per heavy atom. The van der Waals surface area contributed by atoms with Crippen LogP contribution in [-0.4, -0.2) is 65.7 Å². The lowest BCUT2D eigenvalue weighted by atomic mass is 10.2. The number of nitrogens with zero attached hydrogens (tertiary/aromatic N) is 3. The predicted octanol–water partition coefficient (Wildman–Crippen LogP) is 2.58. The van der Waals surface area contributed by atoms with Gasteiger partial charge in [0.2, 0.25) is 0 Å². The first-order chi connectivity index (χ1) is 11.3. The second-order valence-electron chi connectivity index (χ2n) is 6.03. The third kappa shape index (κ3) is 5.09. The first-order valence-electron chi connectivity index (χ1n) is 7.96. The molecule has 1 aromatic heterocycles. The average molecular weight is 345 g/mol. The molecule has 1 fully saturated rings. The lowest BCUT2D eigenvalue weighted by Crippen LogP contribution is -2.37. The number of hydrogen-bond acceptors (Lipinski definition) is 4. The summed E-state index contributed by atoms with van der Waals surface area (Å²) in [6, 6.07) is 3.18. The monoisotopic (exact) mass is 345 g/mol. The number of halogens is 3. The Morgan fingerprint density at radius 2 is 2.04 bits per heavy atom. The molecule has 8 heteroatoms. The molecule has 2 heterocycles. The smallest absolute Gasteiger partial charge is 0.422 e. The van der Waals surface area contributed by atoms with Crippen LogP contribution in [0.4, 0.5) is 13.2 Å². The molecule has 0 atom stereocenters. The quantitative estimate of drug-likeness (QED) is 0.841. The fourth-order valence-corrected chi connectivity index (χ4v) is 2.63. The largest absolute Gasteiger partial charge is 0.482 e. The Balaban J connectivity index is 2.09. The number of carbonyl (C=O) groups is 1. The van der Waals surface area contributed by atoms with Crippen molar-refractivity contribution in [2.75, 3.05) is 32.8 Å². The lowest BCUT2D eigenvalue weighted by Gasteiger charge is -2.25. The summed E-state index contributed by atoms with van der Waals surface area (Å²) >= 11 is 0. The fraction of sp³-hybridized carbons (Fsp3) is 0.625. The van der Waals surface area contributed by atoms with E-state index in [9.17, 15) is 18.0 Å². The summed E-state index contributed by atoms with van der Waals surface area (Å²) in [5, 5.41) is 0. The van der Waals surface area contributed by atoms with Gasteiger partial charge in [-0.05, 0) is 32.4 Å². The average Bonchev–Trinajstić information content (AvgIpc) is 2.78. The summed E-state index contributed by atoms with van der Waals surface area (Å²) < 4.78 is 41.8. The molecule has 0 saturated carbocycles. The van der Waals surface area contributed by atoms with Gasteiger partial charge in [0, 0.05) is 38.4 Å². The van der Waals surface area contributed by atoms with E-state index in [0.29, 0.717) is 19.1 Å². The van der Waals surface area contributed by atoms with E-state index >= 15 is 0 Å².